The molecule has 42 heavy (non-hydrogen) atoms. The van der Waals surface area contributed by atoms with Gasteiger partial charge in [-0.1, -0.05) is 25.6 Å². The maximum Gasteiger partial charge on any atom is 0.247 e. The van der Waals surface area contributed by atoms with Crippen LogP contribution in [-0.4, -0.2) is 76.3 Å². The van der Waals surface area contributed by atoms with E-state index < -0.39 is 21.7 Å². The molecular formula is C28H37FN8O4S. The molecule has 3 rings (SSSR count). The molecule has 1 amide bonds. The van der Waals surface area contributed by atoms with Crippen LogP contribution in [0.15, 0.2) is 55.3 Å². The van der Waals surface area contributed by atoms with Crippen molar-refractivity contribution in [3.05, 3.63) is 61.1 Å². The highest BCUT2D eigenvalue weighted by molar-refractivity contribution is 7.92. The number of nitrogens with zero attached hydrogens (tertiary/aromatic N) is 4. The summed E-state index contributed by atoms with van der Waals surface area (Å²) in [5, 5.41) is 8.69. The number of para-hydroxylation sites is 2. The van der Waals surface area contributed by atoms with E-state index in [0.717, 1.165) is 12.7 Å². The van der Waals surface area contributed by atoms with Gasteiger partial charge in [-0.25, -0.2) is 17.8 Å². The summed E-state index contributed by atoms with van der Waals surface area (Å²) in [5.74, 6) is -0.943. The molecule has 2 aromatic carbocycles. The number of ether oxygens (including phenoxy) is 1. The van der Waals surface area contributed by atoms with Crippen LogP contribution in [0.2, 0.25) is 0 Å². The first-order valence-corrected chi connectivity index (χ1v) is 14.8. The predicted octanol–water partition coefficient (Wildman–Crippen LogP) is 4.39. The monoisotopic (exact) mass is 600 g/mol. The summed E-state index contributed by atoms with van der Waals surface area (Å²) in [6.45, 7) is 6.74. The normalized spacial score (nSPS) is 11.1. The molecule has 12 nitrogen and oxygen atoms in total. The molecule has 226 valence electrons. The first kappa shape index (κ1) is 32.1. The van der Waals surface area contributed by atoms with Gasteiger partial charge in [-0.05, 0) is 44.8 Å². The number of nitrogens with one attached hydrogen (secondary N) is 4. The molecule has 0 aliphatic carbocycles. The van der Waals surface area contributed by atoms with E-state index in [1.165, 1.54) is 13.2 Å². The van der Waals surface area contributed by atoms with E-state index in [1.807, 2.05) is 30.9 Å². The number of rotatable bonds is 15. The van der Waals surface area contributed by atoms with Crippen LogP contribution in [0.4, 0.5) is 44.6 Å². The number of hydrogen-bond acceptors (Lipinski definition) is 10. The Bertz CT molecular complexity index is 1520. The molecule has 14 heteroatoms. The molecule has 1 heterocycles. The van der Waals surface area contributed by atoms with Gasteiger partial charge in [-0.15, -0.1) is 0 Å². The molecule has 0 fully saturated rings. The Morgan fingerprint density at radius 3 is 2.43 bits per heavy atom. The minimum atomic E-state index is -3.58. The summed E-state index contributed by atoms with van der Waals surface area (Å²) in [6.07, 6.45) is 2.59. The zero-order valence-electron chi connectivity index (χ0n) is 24.4. The van der Waals surface area contributed by atoms with Crippen molar-refractivity contribution < 1.29 is 22.3 Å². The molecule has 0 spiro atoms. The first-order chi connectivity index (χ1) is 20.0. The number of anilines is 7. The fourth-order valence-electron chi connectivity index (χ4n) is 3.84. The van der Waals surface area contributed by atoms with Crippen LogP contribution in [0.5, 0.6) is 5.75 Å². The SMILES string of the molecule is C=CC(=O)Nc1cc(Nc2ncc(F)c(Nc3ccccc3NS(=O)(=O)CCC)n2)c(OC)cc1N(C)CCN(C)C. The van der Waals surface area contributed by atoms with Gasteiger partial charge in [0.2, 0.25) is 21.9 Å². The molecule has 0 aliphatic heterocycles. The highest BCUT2D eigenvalue weighted by Crippen LogP contribution is 2.38. The third kappa shape index (κ3) is 8.78. The number of aromatic nitrogens is 2. The van der Waals surface area contributed by atoms with Gasteiger partial charge in [-0.2, -0.15) is 4.98 Å². The van der Waals surface area contributed by atoms with E-state index in [4.69, 9.17) is 4.74 Å². The van der Waals surface area contributed by atoms with Crippen LogP contribution < -0.4 is 30.3 Å². The van der Waals surface area contributed by atoms with Gasteiger partial charge in [-0.3, -0.25) is 9.52 Å². The molecule has 4 N–H and O–H groups in total. The molecule has 0 saturated carbocycles. The number of sulfonamides is 1. The third-order valence-electron chi connectivity index (χ3n) is 5.96. The average molecular weight is 601 g/mol. The van der Waals surface area contributed by atoms with Gasteiger partial charge in [0.05, 0.1) is 47.5 Å². The number of methoxy groups -OCH3 is 1. The lowest BCUT2D eigenvalue weighted by Crippen LogP contribution is -2.29. The Kier molecular flexibility index (Phi) is 11.0. The number of likely N-dealkylation sites (N-methyl/N-ethyl adjacent to an activating group) is 2. The minimum Gasteiger partial charge on any atom is -0.494 e. The van der Waals surface area contributed by atoms with Crippen LogP contribution in [0.3, 0.4) is 0 Å². The maximum absolute atomic E-state index is 14.8. The standard InChI is InChI=1S/C28H37FN8O4S/c1-7-15-42(39,40)35-21-12-10-9-11-20(21)32-27-19(29)18-30-28(34-27)33-23-16-22(31-26(38)8-2)24(17-25(23)41-6)37(5)14-13-36(3)4/h8-12,16-18,35H,2,7,13-15H2,1,3-6H3,(H,31,38)(H2,30,32,33,34). The minimum absolute atomic E-state index is 0.0240. The zero-order valence-corrected chi connectivity index (χ0v) is 25.2. The second kappa shape index (κ2) is 14.5. The summed E-state index contributed by atoms with van der Waals surface area (Å²) in [7, 11) is 3.76. The van der Waals surface area contributed by atoms with Gasteiger partial charge < -0.3 is 30.5 Å². The average Bonchev–Trinajstić information content (AvgIpc) is 2.94. The fourth-order valence-corrected chi connectivity index (χ4v) is 4.99. The van der Waals surface area contributed by atoms with Crippen molar-refractivity contribution in [3.8, 4) is 5.75 Å². The smallest absolute Gasteiger partial charge is 0.247 e. The molecule has 0 atom stereocenters. The van der Waals surface area contributed by atoms with E-state index in [2.05, 4.69) is 37.2 Å². The second-order valence-corrected chi connectivity index (χ2v) is 11.4. The molecule has 0 saturated heterocycles. The van der Waals surface area contributed by atoms with E-state index in [-0.39, 0.29) is 23.2 Å². The van der Waals surface area contributed by atoms with Gasteiger partial charge in [0, 0.05) is 26.2 Å². The Morgan fingerprint density at radius 2 is 1.79 bits per heavy atom. The van der Waals surface area contributed by atoms with E-state index in [0.29, 0.717) is 41.5 Å². The molecule has 0 radical (unpaired) electrons. The molecular weight excluding hydrogens is 563 g/mol. The zero-order chi connectivity index (χ0) is 30.9. The maximum atomic E-state index is 14.8. The van der Waals surface area contributed by atoms with Crippen LogP contribution >= 0.6 is 0 Å². The van der Waals surface area contributed by atoms with Gasteiger partial charge in [0.25, 0.3) is 0 Å². The second-order valence-electron chi connectivity index (χ2n) is 9.59. The quantitative estimate of drug-likeness (QED) is 0.186. The fraction of sp³-hybridized carbons (Fsp3) is 0.321. The summed E-state index contributed by atoms with van der Waals surface area (Å²) in [5.41, 5.74) is 2.15. The third-order valence-corrected chi connectivity index (χ3v) is 7.44. The van der Waals surface area contributed by atoms with Gasteiger partial charge in [0.15, 0.2) is 11.6 Å². The lowest BCUT2D eigenvalue weighted by Gasteiger charge is -2.26. The van der Waals surface area contributed by atoms with Crippen LogP contribution in [0, 0.1) is 5.82 Å². The van der Waals surface area contributed by atoms with Crippen molar-refractivity contribution in [2.45, 2.75) is 13.3 Å². The van der Waals surface area contributed by atoms with Crippen LogP contribution in [0.1, 0.15) is 13.3 Å². The Hall–Kier alpha value is -4.43. The lowest BCUT2D eigenvalue weighted by atomic mass is 10.2. The van der Waals surface area contributed by atoms with Crippen molar-refractivity contribution in [1.29, 1.82) is 0 Å². The van der Waals surface area contributed by atoms with Crippen molar-refractivity contribution in [2.24, 2.45) is 0 Å². The highest BCUT2D eigenvalue weighted by atomic mass is 32.2. The summed E-state index contributed by atoms with van der Waals surface area (Å²) < 4.78 is 47.6. The van der Waals surface area contributed by atoms with Crippen molar-refractivity contribution in [3.63, 3.8) is 0 Å². The lowest BCUT2D eigenvalue weighted by molar-refractivity contribution is -0.111. The van der Waals surface area contributed by atoms with E-state index in [9.17, 15) is 17.6 Å². The molecule has 3 aromatic rings. The Balaban J connectivity index is 1.95. The number of hydrogen-bond donors (Lipinski definition) is 4. The Labute approximate surface area is 246 Å². The summed E-state index contributed by atoms with van der Waals surface area (Å²) in [6, 6.07) is 9.93. The summed E-state index contributed by atoms with van der Waals surface area (Å²) in [4.78, 5) is 24.6. The molecule has 1 aromatic heterocycles. The number of carbonyl (C=O) groups is 1. The largest absolute Gasteiger partial charge is 0.494 e. The first-order valence-electron chi connectivity index (χ1n) is 13.1. The van der Waals surface area contributed by atoms with Gasteiger partial charge in [0.1, 0.15) is 5.75 Å². The topological polar surface area (TPSA) is 141 Å². The highest BCUT2D eigenvalue weighted by Gasteiger charge is 2.18. The van der Waals surface area contributed by atoms with Crippen molar-refractivity contribution in [2.75, 3.05) is 72.7 Å². The summed E-state index contributed by atoms with van der Waals surface area (Å²) >= 11 is 0. The predicted molar refractivity (Wildman–Crippen MR) is 166 cm³/mol. The van der Waals surface area contributed by atoms with E-state index in [1.54, 1.807) is 43.3 Å². The number of carbonyl (C=O) groups excluding carboxylic acids is 1. The van der Waals surface area contributed by atoms with E-state index >= 15 is 0 Å². The molecule has 0 aliphatic rings. The molecule has 0 bridgehead atoms. The van der Waals surface area contributed by atoms with Gasteiger partial charge >= 0.3 is 0 Å². The van der Waals surface area contributed by atoms with Crippen LogP contribution in [-0.2, 0) is 14.8 Å². The van der Waals surface area contributed by atoms with Crippen molar-refractivity contribution >= 4 is 56.1 Å². The number of benzene rings is 2. The molecule has 0 unspecified atom stereocenters. The Morgan fingerprint density at radius 1 is 1.07 bits per heavy atom. The number of halogens is 1. The number of amides is 1. The van der Waals surface area contributed by atoms with Crippen molar-refractivity contribution in [1.82, 2.24) is 14.9 Å². The van der Waals surface area contributed by atoms with Crippen LogP contribution in [0.25, 0.3) is 0 Å².